The highest BCUT2D eigenvalue weighted by Crippen LogP contribution is 2.27. The fraction of sp³-hybridized carbons (Fsp3) is 0.300. The van der Waals surface area contributed by atoms with Gasteiger partial charge in [-0.3, -0.25) is 4.79 Å². The molecule has 0 saturated heterocycles. The number of rotatable bonds is 4. The second-order valence-corrected chi connectivity index (χ2v) is 6.40. The van der Waals surface area contributed by atoms with Crippen LogP contribution >= 0.6 is 0 Å². The van der Waals surface area contributed by atoms with Crippen LogP contribution < -0.4 is 10.2 Å². The summed E-state index contributed by atoms with van der Waals surface area (Å²) in [6.45, 7) is 0.430. The molecule has 2 aromatic rings. The number of nitrogens with one attached hydrogen (secondary N) is 2. The van der Waals surface area contributed by atoms with Gasteiger partial charge in [0.2, 0.25) is 0 Å². The smallest absolute Gasteiger partial charge is 0.279 e. The van der Waals surface area contributed by atoms with E-state index in [9.17, 15) is 4.79 Å². The van der Waals surface area contributed by atoms with Crippen molar-refractivity contribution in [2.45, 2.75) is 25.3 Å². The van der Waals surface area contributed by atoms with Crippen LogP contribution in [0.2, 0.25) is 0 Å². The summed E-state index contributed by atoms with van der Waals surface area (Å²) in [5.41, 5.74) is 4.12. The average molecular weight is 320 g/mol. The van der Waals surface area contributed by atoms with Crippen molar-refractivity contribution in [3.8, 4) is 6.07 Å². The molecule has 0 radical (unpaired) electrons. The minimum absolute atomic E-state index is 0.000243. The molecule has 2 aromatic carbocycles. The Morgan fingerprint density at radius 1 is 1.25 bits per heavy atom. The van der Waals surface area contributed by atoms with Crippen LogP contribution in [0.3, 0.4) is 0 Å². The van der Waals surface area contributed by atoms with Gasteiger partial charge < -0.3 is 10.2 Å². The summed E-state index contributed by atoms with van der Waals surface area (Å²) < 4.78 is 0. The number of carbonyl (C=O) groups is 1. The van der Waals surface area contributed by atoms with E-state index in [0.29, 0.717) is 18.2 Å². The first kappa shape index (κ1) is 16.2. The van der Waals surface area contributed by atoms with Crippen molar-refractivity contribution in [2.24, 2.45) is 0 Å². The average Bonchev–Trinajstić information content (AvgIpc) is 2.61. The molecule has 0 heterocycles. The van der Waals surface area contributed by atoms with Crippen LogP contribution in [-0.2, 0) is 11.2 Å². The molecule has 0 aromatic heterocycles. The van der Waals surface area contributed by atoms with Crippen molar-refractivity contribution >= 4 is 11.6 Å². The predicted molar refractivity (Wildman–Crippen MR) is 93.7 cm³/mol. The van der Waals surface area contributed by atoms with E-state index in [4.69, 9.17) is 5.26 Å². The topological polar surface area (TPSA) is 57.3 Å². The SMILES string of the molecule is C[NH+](CC(=O)Nc1ccc(C#N)cc1)[C@@H]1CCCc2ccccc21. The van der Waals surface area contributed by atoms with Crippen molar-refractivity contribution < 1.29 is 9.69 Å². The highest BCUT2D eigenvalue weighted by Gasteiger charge is 2.27. The second kappa shape index (κ2) is 7.29. The van der Waals surface area contributed by atoms with Crippen molar-refractivity contribution in [1.29, 1.82) is 5.26 Å². The Kier molecular flexibility index (Phi) is 4.93. The molecule has 0 bridgehead atoms. The number of hydrogen-bond acceptors (Lipinski definition) is 2. The number of carbonyl (C=O) groups excluding carboxylic acids is 1. The van der Waals surface area contributed by atoms with E-state index < -0.39 is 0 Å². The van der Waals surface area contributed by atoms with Crippen molar-refractivity contribution in [1.82, 2.24) is 0 Å². The minimum atomic E-state index is 0.000243. The van der Waals surface area contributed by atoms with Gasteiger partial charge in [-0.15, -0.1) is 0 Å². The fourth-order valence-electron chi connectivity index (χ4n) is 3.48. The maximum Gasteiger partial charge on any atom is 0.279 e. The molecule has 4 heteroatoms. The third kappa shape index (κ3) is 3.64. The van der Waals surface area contributed by atoms with Crippen molar-refractivity contribution in [2.75, 3.05) is 18.9 Å². The maximum atomic E-state index is 12.3. The lowest BCUT2D eigenvalue weighted by Crippen LogP contribution is -3.10. The van der Waals surface area contributed by atoms with Crippen molar-refractivity contribution in [3.05, 3.63) is 65.2 Å². The molecule has 1 amide bonds. The van der Waals surface area contributed by atoms with Crippen LogP contribution in [0, 0.1) is 11.3 Å². The predicted octanol–water partition coefficient (Wildman–Crippen LogP) is 2.09. The summed E-state index contributed by atoms with van der Waals surface area (Å²) in [5.74, 6) is 0.000243. The Balaban J connectivity index is 1.63. The molecule has 2 atom stereocenters. The van der Waals surface area contributed by atoms with E-state index in [-0.39, 0.29) is 5.91 Å². The second-order valence-electron chi connectivity index (χ2n) is 6.40. The van der Waals surface area contributed by atoms with Crippen LogP contribution in [0.15, 0.2) is 48.5 Å². The molecule has 3 rings (SSSR count). The van der Waals surface area contributed by atoms with E-state index in [1.54, 1.807) is 24.3 Å². The third-order valence-electron chi connectivity index (χ3n) is 4.70. The highest BCUT2D eigenvalue weighted by atomic mass is 16.2. The Morgan fingerprint density at radius 2 is 2.00 bits per heavy atom. The Labute approximate surface area is 142 Å². The molecule has 24 heavy (non-hydrogen) atoms. The molecule has 0 fully saturated rings. The number of amides is 1. The molecule has 4 nitrogen and oxygen atoms in total. The number of nitriles is 1. The number of likely N-dealkylation sites (N-methyl/N-ethyl adjacent to an activating group) is 1. The van der Waals surface area contributed by atoms with E-state index in [2.05, 4.69) is 42.7 Å². The van der Waals surface area contributed by atoms with Gasteiger partial charge in [-0.2, -0.15) is 5.26 Å². The first-order valence-electron chi connectivity index (χ1n) is 8.37. The van der Waals surface area contributed by atoms with Gasteiger partial charge in [0, 0.05) is 17.7 Å². The van der Waals surface area contributed by atoms with Crippen LogP contribution in [-0.4, -0.2) is 19.5 Å². The van der Waals surface area contributed by atoms with Crippen molar-refractivity contribution in [3.63, 3.8) is 0 Å². The molecule has 0 saturated carbocycles. The van der Waals surface area contributed by atoms with Gasteiger partial charge in [0.15, 0.2) is 6.54 Å². The summed E-state index contributed by atoms with van der Waals surface area (Å²) in [6.07, 6.45) is 3.43. The summed E-state index contributed by atoms with van der Waals surface area (Å²) in [5, 5.41) is 11.7. The first-order chi connectivity index (χ1) is 11.7. The van der Waals surface area contributed by atoms with E-state index in [1.165, 1.54) is 22.4 Å². The molecular weight excluding hydrogens is 298 g/mol. The molecular formula is C20H22N3O+. The molecule has 1 aliphatic carbocycles. The molecule has 1 aliphatic rings. The van der Waals surface area contributed by atoms with Gasteiger partial charge in [-0.1, -0.05) is 24.3 Å². The zero-order valence-electron chi connectivity index (χ0n) is 13.9. The Hall–Kier alpha value is -2.64. The number of aryl methyl sites for hydroxylation is 1. The normalized spacial score (nSPS) is 17.4. The van der Waals surface area contributed by atoms with Gasteiger partial charge in [-0.05, 0) is 42.7 Å². The zero-order chi connectivity index (χ0) is 16.9. The number of anilines is 1. The molecule has 2 N–H and O–H groups in total. The number of nitrogens with zero attached hydrogens (tertiary/aromatic N) is 1. The lowest BCUT2D eigenvalue weighted by atomic mass is 9.87. The van der Waals surface area contributed by atoms with E-state index in [0.717, 1.165) is 18.5 Å². The molecule has 0 aliphatic heterocycles. The first-order valence-corrected chi connectivity index (χ1v) is 8.37. The van der Waals surface area contributed by atoms with Crippen LogP contribution in [0.4, 0.5) is 5.69 Å². The molecule has 0 spiro atoms. The summed E-state index contributed by atoms with van der Waals surface area (Å²) in [4.78, 5) is 13.6. The monoisotopic (exact) mass is 320 g/mol. The lowest BCUT2D eigenvalue weighted by molar-refractivity contribution is -0.905. The minimum Gasteiger partial charge on any atom is -0.323 e. The van der Waals surface area contributed by atoms with Crippen LogP contribution in [0.25, 0.3) is 0 Å². The number of benzene rings is 2. The molecule has 1 unspecified atom stereocenters. The summed E-state index contributed by atoms with van der Waals surface area (Å²) in [7, 11) is 2.09. The van der Waals surface area contributed by atoms with Gasteiger partial charge in [0.05, 0.1) is 18.7 Å². The van der Waals surface area contributed by atoms with Gasteiger partial charge in [0.25, 0.3) is 5.91 Å². The zero-order valence-corrected chi connectivity index (χ0v) is 13.9. The van der Waals surface area contributed by atoms with E-state index in [1.807, 2.05) is 0 Å². The van der Waals surface area contributed by atoms with Gasteiger partial charge in [-0.25, -0.2) is 0 Å². The van der Waals surface area contributed by atoms with Gasteiger partial charge in [0.1, 0.15) is 6.04 Å². The number of hydrogen-bond donors (Lipinski definition) is 2. The van der Waals surface area contributed by atoms with Crippen LogP contribution in [0.1, 0.15) is 35.6 Å². The summed E-state index contributed by atoms with van der Waals surface area (Å²) in [6, 6.07) is 18.0. The maximum absolute atomic E-state index is 12.3. The fourth-order valence-corrected chi connectivity index (χ4v) is 3.48. The largest absolute Gasteiger partial charge is 0.323 e. The summed E-state index contributed by atoms with van der Waals surface area (Å²) >= 11 is 0. The van der Waals surface area contributed by atoms with Gasteiger partial charge >= 0.3 is 0 Å². The highest BCUT2D eigenvalue weighted by molar-refractivity contribution is 5.91. The Bertz CT molecular complexity index is 761. The van der Waals surface area contributed by atoms with E-state index >= 15 is 0 Å². The third-order valence-corrected chi connectivity index (χ3v) is 4.70. The standard InChI is InChI=1S/C20H21N3O/c1-23(19-8-4-6-16-5-2-3-7-18(16)19)14-20(24)22-17-11-9-15(13-21)10-12-17/h2-3,5,7,9-12,19H,4,6,8,14H2,1H3,(H,22,24)/p+1/t19-/m1/s1. The Morgan fingerprint density at radius 3 is 2.75 bits per heavy atom. The lowest BCUT2D eigenvalue weighted by Gasteiger charge is -2.30. The molecule has 122 valence electrons. The number of fused-ring (bicyclic) bond motifs is 1. The quantitative estimate of drug-likeness (QED) is 0.906. The van der Waals surface area contributed by atoms with Crippen LogP contribution in [0.5, 0.6) is 0 Å². The number of quaternary nitrogens is 1.